The van der Waals surface area contributed by atoms with Gasteiger partial charge >= 0.3 is 0 Å². The van der Waals surface area contributed by atoms with E-state index in [1.807, 2.05) is 13.8 Å². The van der Waals surface area contributed by atoms with Crippen LogP contribution in [0.3, 0.4) is 0 Å². The van der Waals surface area contributed by atoms with Crippen LogP contribution in [0.2, 0.25) is 10.0 Å². The number of carbonyl (C=O) groups excluding carboxylic acids is 1. The highest BCUT2D eigenvalue weighted by atomic mass is 35.5. The zero-order valence-corrected chi connectivity index (χ0v) is 17.7. The Morgan fingerprint density at radius 3 is 2.29 bits per heavy atom. The number of ether oxygens (including phenoxy) is 1. The molecule has 2 aromatic rings. The first-order chi connectivity index (χ1) is 13.2. The number of nitrogens with zero attached hydrogens (tertiary/aromatic N) is 1. The van der Waals surface area contributed by atoms with Crippen LogP contribution < -0.4 is 5.32 Å². The molecule has 0 saturated carbocycles. The van der Waals surface area contributed by atoms with Gasteiger partial charge in [0.2, 0.25) is 10.0 Å². The van der Waals surface area contributed by atoms with Crippen molar-refractivity contribution in [3.05, 3.63) is 58.1 Å². The Hall–Kier alpha value is -1.64. The molecule has 1 amide bonds. The van der Waals surface area contributed by atoms with Gasteiger partial charge in [-0.1, -0.05) is 23.2 Å². The first-order valence-corrected chi connectivity index (χ1v) is 10.9. The van der Waals surface area contributed by atoms with Crippen molar-refractivity contribution in [3.63, 3.8) is 0 Å². The largest absolute Gasteiger partial charge is 0.373 e. The van der Waals surface area contributed by atoms with Crippen molar-refractivity contribution in [3.8, 4) is 0 Å². The summed E-state index contributed by atoms with van der Waals surface area (Å²) in [6.45, 7) is 4.27. The molecule has 1 aliphatic rings. The molecule has 1 heterocycles. The molecule has 0 aromatic heterocycles. The number of hydrogen-bond donors (Lipinski definition) is 1. The van der Waals surface area contributed by atoms with Crippen LogP contribution in [0, 0.1) is 0 Å². The maximum Gasteiger partial charge on any atom is 0.255 e. The summed E-state index contributed by atoms with van der Waals surface area (Å²) in [7, 11) is -3.66. The van der Waals surface area contributed by atoms with Gasteiger partial charge in [-0.3, -0.25) is 4.79 Å². The van der Waals surface area contributed by atoms with Crippen LogP contribution in [0.25, 0.3) is 0 Å². The summed E-state index contributed by atoms with van der Waals surface area (Å²) in [6.07, 6.45) is -0.350. The molecule has 9 heteroatoms. The van der Waals surface area contributed by atoms with Gasteiger partial charge in [0.15, 0.2) is 0 Å². The Kier molecular flexibility index (Phi) is 6.31. The minimum absolute atomic E-state index is 0.131. The van der Waals surface area contributed by atoms with E-state index in [4.69, 9.17) is 27.9 Å². The molecule has 0 aliphatic carbocycles. The molecule has 2 atom stereocenters. The van der Waals surface area contributed by atoms with E-state index in [1.54, 1.807) is 18.2 Å². The fourth-order valence-corrected chi connectivity index (χ4v) is 4.97. The van der Waals surface area contributed by atoms with Crippen molar-refractivity contribution in [1.29, 1.82) is 0 Å². The Bertz CT molecular complexity index is 970. The summed E-state index contributed by atoms with van der Waals surface area (Å²) in [5, 5.41) is 3.46. The molecule has 2 aromatic carbocycles. The van der Waals surface area contributed by atoms with Crippen molar-refractivity contribution >= 4 is 44.8 Å². The zero-order valence-electron chi connectivity index (χ0n) is 15.4. The summed E-state index contributed by atoms with van der Waals surface area (Å²) in [5.74, 6) is -0.415. The normalized spacial score (nSPS) is 20.7. The Morgan fingerprint density at radius 2 is 1.68 bits per heavy atom. The molecule has 150 valence electrons. The van der Waals surface area contributed by atoms with Crippen molar-refractivity contribution in [2.24, 2.45) is 0 Å². The summed E-state index contributed by atoms with van der Waals surface area (Å²) in [4.78, 5) is 12.6. The van der Waals surface area contributed by atoms with Gasteiger partial charge in [-0.25, -0.2) is 8.42 Å². The lowest BCUT2D eigenvalue weighted by Crippen LogP contribution is -2.48. The molecule has 1 aliphatic heterocycles. The molecule has 1 fully saturated rings. The molecule has 3 rings (SSSR count). The lowest BCUT2D eigenvalue weighted by Gasteiger charge is -2.34. The number of hydrogen-bond acceptors (Lipinski definition) is 4. The highest BCUT2D eigenvalue weighted by Gasteiger charge is 2.32. The number of anilines is 1. The molecule has 0 radical (unpaired) electrons. The second-order valence-electron chi connectivity index (χ2n) is 6.68. The number of halogens is 2. The third-order valence-electron chi connectivity index (χ3n) is 4.32. The number of carbonyl (C=O) groups is 1. The summed E-state index contributed by atoms with van der Waals surface area (Å²) >= 11 is 12.0. The van der Waals surface area contributed by atoms with Crippen molar-refractivity contribution in [2.75, 3.05) is 18.4 Å². The van der Waals surface area contributed by atoms with Crippen LogP contribution in [0.4, 0.5) is 5.69 Å². The number of rotatable bonds is 4. The maximum absolute atomic E-state index is 12.9. The van der Waals surface area contributed by atoms with E-state index in [0.717, 1.165) is 0 Å². The van der Waals surface area contributed by atoms with Crippen LogP contribution in [0.5, 0.6) is 0 Å². The Morgan fingerprint density at radius 1 is 1.07 bits per heavy atom. The van der Waals surface area contributed by atoms with Crippen LogP contribution in [-0.2, 0) is 14.8 Å². The molecular formula is C19H20Cl2N2O4S. The van der Waals surface area contributed by atoms with Gasteiger partial charge in [0.1, 0.15) is 0 Å². The second-order valence-corrected chi connectivity index (χ2v) is 9.46. The van der Waals surface area contributed by atoms with E-state index in [2.05, 4.69) is 5.32 Å². The molecular weight excluding hydrogens is 423 g/mol. The van der Waals surface area contributed by atoms with E-state index < -0.39 is 15.9 Å². The van der Waals surface area contributed by atoms with Crippen LogP contribution in [-0.4, -0.2) is 43.9 Å². The Balaban J connectivity index is 1.77. The monoisotopic (exact) mass is 442 g/mol. The smallest absolute Gasteiger partial charge is 0.255 e. The highest BCUT2D eigenvalue weighted by Crippen LogP contribution is 2.26. The minimum Gasteiger partial charge on any atom is -0.373 e. The van der Waals surface area contributed by atoms with Crippen LogP contribution >= 0.6 is 23.2 Å². The van der Waals surface area contributed by atoms with Gasteiger partial charge in [0.25, 0.3) is 5.91 Å². The highest BCUT2D eigenvalue weighted by molar-refractivity contribution is 7.89. The third-order valence-corrected chi connectivity index (χ3v) is 6.73. The molecule has 1 saturated heterocycles. The van der Waals surface area contributed by atoms with E-state index in [9.17, 15) is 13.2 Å². The number of nitrogens with one attached hydrogen (secondary N) is 1. The van der Waals surface area contributed by atoms with Gasteiger partial charge in [-0.05, 0) is 56.3 Å². The van der Waals surface area contributed by atoms with E-state index >= 15 is 0 Å². The zero-order chi connectivity index (χ0) is 20.5. The number of benzene rings is 2. The lowest BCUT2D eigenvalue weighted by molar-refractivity contribution is -0.0440. The van der Waals surface area contributed by atoms with E-state index in [0.29, 0.717) is 34.4 Å². The molecule has 0 bridgehead atoms. The van der Waals surface area contributed by atoms with Gasteiger partial charge in [-0.15, -0.1) is 0 Å². The lowest BCUT2D eigenvalue weighted by atomic mass is 10.2. The van der Waals surface area contributed by atoms with E-state index in [1.165, 1.54) is 28.6 Å². The number of sulfonamides is 1. The fraction of sp³-hybridized carbons (Fsp3) is 0.316. The number of morpholine rings is 1. The van der Waals surface area contributed by atoms with Crippen molar-refractivity contribution in [1.82, 2.24) is 4.31 Å². The van der Waals surface area contributed by atoms with Gasteiger partial charge < -0.3 is 10.1 Å². The predicted octanol–water partition coefficient (Wildman–Crippen LogP) is 4.04. The van der Waals surface area contributed by atoms with Gasteiger partial charge in [0, 0.05) is 23.7 Å². The van der Waals surface area contributed by atoms with Crippen LogP contribution in [0.1, 0.15) is 24.2 Å². The SMILES string of the molecule is C[C@H]1CN(S(=O)(=O)c2ccc(C(=O)Nc3cc(Cl)ccc3Cl)cc2)C[C@H](C)O1. The quantitative estimate of drug-likeness (QED) is 0.774. The molecule has 0 unspecified atom stereocenters. The average Bonchev–Trinajstić information content (AvgIpc) is 2.64. The summed E-state index contributed by atoms with van der Waals surface area (Å²) in [5.41, 5.74) is 0.686. The topological polar surface area (TPSA) is 75.7 Å². The molecule has 6 nitrogen and oxygen atoms in total. The summed E-state index contributed by atoms with van der Waals surface area (Å²) in [6, 6.07) is 10.5. The standard InChI is InChI=1S/C19H20Cl2N2O4S/c1-12-10-23(11-13(2)27-12)28(25,26)16-6-3-14(4-7-16)19(24)22-18-9-15(20)5-8-17(18)21/h3-9,12-13H,10-11H2,1-2H3,(H,22,24)/t12-,13-/m0/s1. The minimum atomic E-state index is -3.66. The van der Waals surface area contributed by atoms with Crippen molar-refractivity contribution < 1.29 is 17.9 Å². The number of amides is 1. The molecule has 1 N–H and O–H groups in total. The average molecular weight is 443 g/mol. The first-order valence-electron chi connectivity index (χ1n) is 8.69. The summed E-state index contributed by atoms with van der Waals surface area (Å²) < 4.78 is 32.7. The Labute approximate surface area is 174 Å². The fourth-order valence-electron chi connectivity index (χ4n) is 3.04. The first kappa shape index (κ1) is 21.1. The molecule has 28 heavy (non-hydrogen) atoms. The second kappa shape index (κ2) is 8.39. The molecule has 0 spiro atoms. The maximum atomic E-state index is 12.9. The van der Waals surface area contributed by atoms with Gasteiger partial charge in [-0.2, -0.15) is 4.31 Å². The third kappa shape index (κ3) is 4.67. The van der Waals surface area contributed by atoms with Crippen molar-refractivity contribution in [2.45, 2.75) is 31.0 Å². The predicted molar refractivity (Wildman–Crippen MR) is 110 cm³/mol. The van der Waals surface area contributed by atoms with Crippen LogP contribution in [0.15, 0.2) is 47.4 Å². The van der Waals surface area contributed by atoms with E-state index in [-0.39, 0.29) is 17.1 Å². The van der Waals surface area contributed by atoms with Gasteiger partial charge in [0.05, 0.1) is 27.8 Å².